The number of allylic oxidation sites excluding steroid dienone is 2. The van der Waals surface area contributed by atoms with E-state index < -0.39 is 0 Å². The maximum Gasteiger partial charge on any atom is 0.238 e. The summed E-state index contributed by atoms with van der Waals surface area (Å²) in [6.07, 6.45) is 5.22. The number of carbonyl (C=O) groups excluding carboxylic acids is 2. The van der Waals surface area contributed by atoms with Crippen LogP contribution in [-0.2, 0) is 9.59 Å². The molecule has 2 aliphatic carbocycles. The molecule has 4 atom stereocenters. The summed E-state index contributed by atoms with van der Waals surface area (Å²) >= 11 is 3.36. The van der Waals surface area contributed by atoms with Crippen molar-refractivity contribution in [2.24, 2.45) is 23.7 Å². The van der Waals surface area contributed by atoms with Crippen molar-refractivity contribution in [2.45, 2.75) is 29.9 Å². The van der Waals surface area contributed by atoms with Crippen LogP contribution in [0.25, 0.3) is 10.2 Å². The smallest absolute Gasteiger partial charge is 0.238 e. The average Bonchev–Trinajstić information content (AvgIpc) is 3.29. The van der Waals surface area contributed by atoms with Crippen LogP contribution in [0, 0.1) is 23.7 Å². The first-order chi connectivity index (χ1) is 12.0. The molecule has 0 radical (unpaired) electrons. The van der Waals surface area contributed by atoms with Crippen LogP contribution < -0.4 is 4.90 Å². The highest BCUT2D eigenvalue weighted by atomic mass is 32.2. The Morgan fingerprint density at radius 2 is 1.84 bits per heavy atom. The SMILES string of the molecule is CC(C)Sc1nc2ccc(N3C(=O)C4C(C3=O)[C@H]3C=C[C@@H]4C3)cc2s1. The largest absolute Gasteiger partial charge is 0.274 e. The number of aromatic nitrogens is 1. The Morgan fingerprint density at radius 1 is 1.16 bits per heavy atom. The van der Waals surface area contributed by atoms with Gasteiger partial charge < -0.3 is 0 Å². The van der Waals surface area contributed by atoms with E-state index >= 15 is 0 Å². The first-order valence-electron chi connectivity index (χ1n) is 8.66. The first-order valence-corrected chi connectivity index (χ1v) is 10.4. The van der Waals surface area contributed by atoms with Crippen LogP contribution in [0.2, 0.25) is 0 Å². The van der Waals surface area contributed by atoms with Gasteiger partial charge in [0.1, 0.15) is 0 Å². The number of anilines is 1. The van der Waals surface area contributed by atoms with Crippen molar-refractivity contribution in [3.8, 4) is 0 Å². The molecule has 0 N–H and O–H groups in total. The summed E-state index contributed by atoms with van der Waals surface area (Å²) in [6, 6.07) is 5.73. The van der Waals surface area contributed by atoms with Crippen molar-refractivity contribution in [1.29, 1.82) is 0 Å². The summed E-state index contributed by atoms with van der Waals surface area (Å²) in [5.74, 6) is 0.161. The van der Waals surface area contributed by atoms with Crippen molar-refractivity contribution >= 4 is 50.8 Å². The molecule has 4 nitrogen and oxygen atoms in total. The number of benzene rings is 1. The van der Waals surface area contributed by atoms with Crippen molar-refractivity contribution in [3.63, 3.8) is 0 Å². The highest BCUT2D eigenvalue weighted by Gasteiger charge is 2.59. The van der Waals surface area contributed by atoms with Gasteiger partial charge in [0.2, 0.25) is 11.8 Å². The van der Waals surface area contributed by atoms with Gasteiger partial charge in [0.05, 0.1) is 27.7 Å². The number of hydrogen-bond donors (Lipinski definition) is 0. The van der Waals surface area contributed by atoms with Gasteiger partial charge in [-0.2, -0.15) is 0 Å². The fraction of sp³-hybridized carbons (Fsp3) is 0.421. The second-order valence-electron chi connectivity index (χ2n) is 7.31. The van der Waals surface area contributed by atoms with Crippen LogP contribution in [0.5, 0.6) is 0 Å². The Morgan fingerprint density at radius 3 is 2.48 bits per heavy atom. The predicted molar refractivity (Wildman–Crippen MR) is 101 cm³/mol. The third-order valence-corrected chi connectivity index (χ3v) is 7.53. The van der Waals surface area contributed by atoms with E-state index in [0.29, 0.717) is 10.9 Å². The van der Waals surface area contributed by atoms with Crippen molar-refractivity contribution < 1.29 is 9.59 Å². The molecule has 2 heterocycles. The highest BCUT2D eigenvalue weighted by Crippen LogP contribution is 2.53. The van der Waals surface area contributed by atoms with E-state index in [4.69, 9.17) is 0 Å². The standard InChI is InChI=1S/C19H18N2O2S2/c1-9(2)24-19-20-13-6-5-12(8-14(13)25-19)21-17(22)15-10-3-4-11(7-10)16(15)18(21)23/h3-6,8-11,15-16H,7H2,1-2H3/t10-,11+,15?,16?. The molecule has 128 valence electrons. The Labute approximate surface area is 154 Å². The predicted octanol–water partition coefficient (Wildman–Crippen LogP) is 4.11. The summed E-state index contributed by atoms with van der Waals surface area (Å²) in [4.78, 5) is 31.9. The number of carbonyl (C=O) groups is 2. The summed E-state index contributed by atoms with van der Waals surface area (Å²) in [5, 5.41) is 0.476. The summed E-state index contributed by atoms with van der Waals surface area (Å²) < 4.78 is 2.06. The fourth-order valence-electron chi connectivity index (χ4n) is 4.44. The Bertz CT molecular complexity index is 903. The molecule has 1 saturated carbocycles. The van der Waals surface area contributed by atoms with Crippen LogP contribution in [0.3, 0.4) is 0 Å². The average molecular weight is 370 g/mol. The van der Waals surface area contributed by atoms with Crippen LogP contribution in [0.15, 0.2) is 34.7 Å². The fourth-order valence-corrected chi connectivity index (χ4v) is 6.76. The molecule has 3 aliphatic rings. The molecular weight excluding hydrogens is 352 g/mol. The Balaban J connectivity index is 1.51. The summed E-state index contributed by atoms with van der Waals surface area (Å²) in [7, 11) is 0. The van der Waals surface area contributed by atoms with Gasteiger partial charge in [-0.3, -0.25) is 9.59 Å². The molecule has 0 spiro atoms. The van der Waals surface area contributed by atoms with Gasteiger partial charge in [0.15, 0.2) is 4.34 Å². The third-order valence-electron chi connectivity index (χ3n) is 5.42. The lowest BCUT2D eigenvalue weighted by atomic mass is 9.85. The number of amides is 2. The van der Waals surface area contributed by atoms with Crippen LogP contribution in [0.1, 0.15) is 20.3 Å². The van der Waals surface area contributed by atoms with E-state index in [9.17, 15) is 9.59 Å². The van der Waals surface area contributed by atoms with Crippen molar-refractivity contribution in [1.82, 2.24) is 4.98 Å². The molecule has 25 heavy (non-hydrogen) atoms. The highest BCUT2D eigenvalue weighted by molar-refractivity contribution is 8.01. The minimum atomic E-state index is -0.147. The molecule has 2 fully saturated rings. The van der Waals surface area contributed by atoms with Gasteiger partial charge >= 0.3 is 0 Å². The minimum absolute atomic E-state index is 0.0208. The molecule has 1 saturated heterocycles. The molecule has 1 aliphatic heterocycles. The van der Waals surface area contributed by atoms with Gasteiger partial charge in [-0.25, -0.2) is 9.88 Å². The second-order valence-corrected chi connectivity index (χ2v) is 10.2. The zero-order valence-electron chi connectivity index (χ0n) is 14.0. The normalized spacial score (nSPS) is 30.3. The lowest BCUT2D eigenvalue weighted by Gasteiger charge is -2.17. The van der Waals surface area contributed by atoms with Gasteiger partial charge in [-0.15, -0.1) is 11.3 Å². The topological polar surface area (TPSA) is 50.3 Å². The van der Waals surface area contributed by atoms with E-state index in [1.807, 2.05) is 18.2 Å². The number of thioether (sulfide) groups is 1. The van der Waals surface area contributed by atoms with E-state index in [1.54, 1.807) is 23.1 Å². The quantitative estimate of drug-likeness (QED) is 0.463. The van der Waals surface area contributed by atoms with E-state index in [-0.39, 0.29) is 35.5 Å². The van der Waals surface area contributed by atoms with E-state index in [2.05, 4.69) is 31.0 Å². The molecule has 2 bridgehead atoms. The lowest BCUT2D eigenvalue weighted by Crippen LogP contribution is -2.32. The van der Waals surface area contributed by atoms with Crippen LogP contribution in [0.4, 0.5) is 5.69 Å². The zero-order valence-corrected chi connectivity index (χ0v) is 15.6. The molecule has 6 heteroatoms. The summed E-state index contributed by atoms with van der Waals surface area (Å²) in [6.45, 7) is 4.29. The minimum Gasteiger partial charge on any atom is -0.274 e. The number of hydrogen-bond acceptors (Lipinski definition) is 5. The number of thiazole rings is 1. The van der Waals surface area contributed by atoms with Crippen LogP contribution in [-0.4, -0.2) is 22.0 Å². The number of nitrogens with zero attached hydrogens (tertiary/aromatic N) is 2. The number of fused-ring (bicyclic) bond motifs is 6. The molecule has 2 amide bonds. The van der Waals surface area contributed by atoms with Crippen molar-refractivity contribution in [2.75, 3.05) is 4.90 Å². The third kappa shape index (κ3) is 2.23. The first kappa shape index (κ1) is 15.6. The monoisotopic (exact) mass is 370 g/mol. The van der Waals surface area contributed by atoms with Gasteiger partial charge in [0.25, 0.3) is 0 Å². The Kier molecular flexibility index (Phi) is 3.38. The summed E-state index contributed by atoms with van der Waals surface area (Å²) in [5.41, 5.74) is 1.62. The molecule has 1 aromatic heterocycles. The van der Waals surface area contributed by atoms with E-state index in [1.165, 1.54) is 4.90 Å². The van der Waals surface area contributed by atoms with E-state index in [0.717, 1.165) is 21.0 Å². The zero-order chi connectivity index (χ0) is 17.3. The lowest BCUT2D eigenvalue weighted by molar-refractivity contribution is -0.123. The molecule has 1 aromatic carbocycles. The maximum absolute atomic E-state index is 12.9. The molecule has 2 aromatic rings. The van der Waals surface area contributed by atoms with Gasteiger partial charge in [-0.05, 0) is 36.5 Å². The van der Waals surface area contributed by atoms with Crippen molar-refractivity contribution in [3.05, 3.63) is 30.4 Å². The molecular formula is C19H18N2O2S2. The number of imide groups is 1. The van der Waals surface area contributed by atoms with Gasteiger partial charge in [-0.1, -0.05) is 37.8 Å². The Hall–Kier alpha value is -1.66. The second kappa shape index (κ2) is 5.42. The van der Waals surface area contributed by atoms with Gasteiger partial charge in [0, 0.05) is 5.25 Å². The maximum atomic E-state index is 12.9. The number of rotatable bonds is 3. The molecule has 2 unspecified atom stereocenters. The molecule has 5 rings (SSSR count). The van der Waals surface area contributed by atoms with Crippen LogP contribution >= 0.6 is 23.1 Å².